The summed E-state index contributed by atoms with van der Waals surface area (Å²) < 4.78 is 6.90. The van der Waals surface area contributed by atoms with Crippen LogP contribution in [-0.4, -0.2) is 28.0 Å². The van der Waals surface area contributed by atoms with Crippen molar-refractivity contribution in [1.29, 1.82) is 0 Å². The lowest BCUT2D eigenvalue weighted by Gasteiger charge is -2.11. The summed E-state index contributed by atoms with van der Waals surface area (Å²) in [5, 5.41) is 2.69. The number of ether oxygens (including phenoxy) is 1. The molecule has 0 spiro atoms. The Hall–Kier alpha value is -1.73. The van der Waals surface area contributed by atoms with Crippen molar-refractivity contribution in [1.82, 2.24) is 9.38 Å². The fourth-order valence-corrected chi connectivity index (χ4v) is 3.47. The van der Waals surface area contributed by atoms with Crippen LogP contribution in [0.4, 0.5) is 5.69 Å². The van der Waals surface area contributed by atoms with Crippen LogP contribution < -0.4 is 10.9 Å². The first-order valence-electron chi connectivity index (χ1n) is 6.91. The SMILES string of the molecule is Cc1nc2sc(C)c(C)n2c(=O)c1NC(=O)C1CCCO1. The second-order valence-electron chi connectivity index (χ2n) is 5.23. The van der Waals surface area contributed by atoms with E-state index in [-0.39, 0.29) is 17.2 Å². The van der Waals surface area contributed by atoms with E-state index in [1.165, 1.54) is 11.3 Å². The van der Waals surface area contributed by atoms with Gasteiger partial charge in [-0.2, -0.15) is 0 Å². The average molecular weight is 307 g/mol. The largest absolute Gasteiger partial charge is 0.368 e. The summed E-state index contributed by atoms with van der Waals surface area (Å²) in [6.07, 6.45) is 1.10. The molecular formula is C14H17N3O3S. The van der Waals surface area contributed by atoms with E-state index in [9.17, 15) is 9.59 Å². The number of anilines is 1. The maximum Gasteiger partial charge on any atom is 0.282 e. The molecule has 1 amide bonds. The number of nitrogens with one attached hydrogen (secondary N) is 1. The van der Waals surface area contributed by atoms with Crippen LogP contribution in [0.2, 0.25) is 0 Å². The van der Waals surface area contributed by atoms with E-state index in [0.29, 0.717) is 23.7 Å². The Balaban J connectivity index is 2.04. The van der Waals surface area contributed by atoms with Crippen LogP contribution in [0.1, 0.15) is 29.1 Å². The van der Waals surface area contributed by atoms with E-state index in [1.807, 2.05) is 13.8 Å². The Morgan fingerprint density at radius 1 is 1.43 bits per heavy atom. The van der Waals surface area contributed by atoms with E-state index >= 15 is 0 Å². The van der Waals surface area contributed by atoms with Crippen molar-refractivity contribution in [3.8, 4) is 0 Å². The Morgan fingerprint density at radius 2 is 2.19 bits per heavy atom. The molecule has 2 aromatic rings. The van der Waals surface area contributed by atoms with Crippen molar-refractivity contribution in [2.45, 2.75) is 39.7 Å². The monoisotopic (exact) mass is 307 g/mol. The number of rotatable bonds is 2. The Morgan fingerprint density at radius 3 is 2.86 bits per heavy atom. The number of carbonyl (C=O) groups excluding carboxylic acids is 1. The molecule has 3 rings (SSSR count). The number of aromatic nitrogens is 2. The zero-order chi connectivity index (χ0) is 15.1. The molecule has 1 N–H and O–H groups in total. The summed E-state index contributed by atoms with van der Waals surface area (Å²) in [4.78, 5) is 30.9. The summed E-state index contributed by atoms with van der Waals surface area (Å²) in [6.45, 7) is 6.16. The minimum absolute atomic E-state index is 0.231. The second-order valence-corrected chi connectivity index (χ2v) is 6.41. The van der Waals surface area contributed by atoms with Crippen molar-refractivity contribution in [2.24, 2.45) is 0 Å². The van der Waals surface area contributed by atoms with Gasteiger partial charge in [0.15, 0.2) is 4.96 Å². The fraction of sp³-hybridized carbons (Fsp3) is 0.500. The predicted molar refractivity (Wildman–Crippen MR) is 81.2 cm³/mol. The number of amides is 1. The third kappa shape index (κ3) is 2.36. The van der Waals surface area contributed by atoms with Crippen molar-refractivity contribution in [3.63, 3.8) is 0 Å². The van der Waals surface area contributed by atoms with Gasteiger partial charge in [0, 0.05) is 17.2 Å². The molecule has 1 aliphatic heterocycles. The van der Waals surface area contributed by atoms with Crippen LogP contribution in [0.15, 0.2) is 4.79 Å². The zero-order valence-electron chi connectivity index (χ0n) is 12.2. The van der Waals surface area contributed by atoms with Crippen molar-refractivity contribution >= 4 is 27.9 Å². The number of hydrogen-bond acceptors (Lipinski definition) is 5. The van der Waals surface area contributed by atoms with E-state index in [0.717, 1.165) is 17.0 Å². The third-order valence-electron chi connectivity index (χ3n) is 3.79. The fourth-order valence-electron chi connectivity index (χ4n) is 2.47. The molecule has 3 heterocycles. The summed E-state index contributed by atoms with van der Waals surface area (Å²) in [7, 11) is 0. The van der Waals surface area contributed by atoms with Crippen LogP contribution >= 0.6 is 11.3 Å². The average Bonchev–Trinajstić information content (AvgIpc) is 3.04. The van der Waals surface area contributed by atoms with Gasteiger partial charge in [-0.3, -0.25) is 14.0 Å². The molecule has 1 saturated heterocycles. The molecule has 0 radical (unpaired) electrons. The minimum Gasteiger partial charge on any atom is -0.368 e. The Bertz CT molecular complexity index is 772. The quantitative estimate of drug-likeness (QED) is 0.918. The van der Waals surface area contributed by atoms with E-state index < -0.39 is 6.10 Å². The highest BCUT2D eigenvalue weighted by Crippen LogP contribution is 2.21. The molecule has 7 heteroatoms. The van der Waals surface area contributed by atoms with Gasteiger partial charge in [0.25, 0.3) is 11.5 Å². The van der Waals surface area contributed by atoms with Crippen LogP contribution in [-0.2, 0) is 9.53 Å². The molecule has 1 atom stereocenters. The maximum absolute atomic E-state index is 12.6. The highest BCUT2D eigenvalue weighted by atomic mass is 32.1. The minimum atomic E-state index is -0.463. The molecule has 1 aliphatic rings. The lowest BCUT2D eigenvalue weighted by atomic mass is 10.2. The second kappa shape index (κ2) is 5.23. The molecule has 21 heavy (non-hydrogen) atoms. The first-order chi connectivity index (χ1) is 9.99. The topological polar surface area (TPSA) is 72.7 Å². The first kappa shape index (κ1) is 14.2. The number of carbonyl (C=O) groups is 1. The van der Waals surface area contributed by atoms with Gasteiger partial charge in [0.1, 0.15) is 11.8 Å². The van der Waals surface area contributed by atoms with Crippen molar-refractivity contribution < 1.29 is 9.53 Å². The van der Waals surface area contributed by atoms with Gasteiger partial charge in [-0.05, 0) is 33.6 Å². The smallest absolute Gasteiger partial charge is 0.282 e. The van der Waals surface area contributed by atoms with E-state index in [1.54, 1.807) is 11.3 Å². The molecule has 1 fully saturated rings. The van der Waals surface area contributed by atoms with Crippen LogP contribution in [0.3, 0.4) is 0 Å². The molecular weight excluding hydrogens is 290 g/mol. The number of fused-ring (bicyclic) bond motifs is 1. The van der Waals surface area contributed by atoms with Crippen molar-refractivity contribution in [3.05, 3.63) is 26.6 Å². The van der Waals surface area contributed by atoms with Crippen molar-refractivity contribution in [2.75, 3.05) is 11.9 Å². The van der Waals surface area contributed by atoms with Gasteiger partial charge in [-0.25, -0.2) is 4.98 Å². The molecule has 0 aliphatic carbocycles. The van der Waals surface area contributed by atoms with Crippen LogP contribution in [0.25, 0.3) is 4.96 Å². The Kier molecular flexibility index (Phi) is 3.54. The first-order valence-corrected chi connectivity index (χ1v) is 7.72. The van der Waals surface area contributed by atoms with Gasteiger partial charge < -0.3 is 10.1 Å². The van der Waals surface area contributed by atoms with Crippen LogP contribution in [0, 0.1) is 20.8 Å². The molecule has 6 nitrogen and oxygen atoms in total. The molecule has 112 valence electrons. The molecule has 1 unspecified atom stereocenters. The normalized spacial score (nSPS) is 18.3. The third-order valence-corrected chi connectivity index (χ3v) is 4.85. The van der Waals surface area contributed by atoms with Gasteiger partial charge in [0.2, 0.25) is 0 Å². The lowest BCUT2D eigenvalue weighted by molar-refractivity contribution is -0.124. The zero-order valence-corrected chi connectivity index (χ0v) is 13.0. The number of hydrogen-bond donors (Lipinski definition) is 1. The molecule has 0 saturated carbocycles. The highest BCUT2D eigenvalue weighted by molar-refractivity contribution is 7.17. The standard InChI is InChI=1S/C14H17N3O3S/c1-7-11(16-12(18)10-5-4-6-20-10)13(19)17-8(2)9(3)21-14(17)15-7/h10H,4-6H2,1-3H3,(H,16,18). The summed E-state index contributed by atoms with van der Waals surface area (Å²) >= 11 is 1.47. The number of aryl methyl sites for hydroxylation is 3. The maximum atomic E-state index is 12.6. The van der Waals surface area contributed by atoms with Gasteiger partial charge in [-0.1, -0.05) is 0 Å². The number of thiazole rings is 1. The molecule has 0 aromatic carbocycles. The molecule has 0 bridgehead atoms. The summed E-state index contributed by atoms with van der Waals surface area (Å²) in [5.74, 6) is -0.265. The summed E-state index contributed by atoms with van der Waals surface area (Å²) in [5.41, 5.74) is 1.41. The summed E-state index contributed by atoms with van der Waals surface area (Å²) in [6, 6.07) is 0. The predicted octanol–water partition coefficient (Wildman–Crippen LogP) is 1.80. The van der Waals surface area contributed by atoms with E-state index in [2.05, 4.69) is 10.3 Å². The van der Waals surface area contributed by atoms with E-state index in [4.69, 9.17) is 4.74 Å². The van der Waals surface area contributed by atoms with Gasteiger partial charge in [0.05, 0.1) is 5.69 Å². The lowest BCUT2D eigenvalue weighted by Crippen LogP contribution is -2.31. The molecule has 2 aromatic heterocycles. The van der Waals surface area contributed by atoms with Crippen LogP contribution in [0.5, 0.6) is 0 Å². The highest BCUT2D eigenvalue weighted by Gasteiger charge is 2.25. The number of nitrogens with zero attached hydrogens (tertiary/aromatic N) is 2. The Labute approximate surface area is 125 Å². The van der Waals surface area contributed by atoms with Gasteiger partial charge in [-0.15, -0.1) is 11.3 Å². The van der Waals surface area contributed by atoms with Gasteiger partial charge >= 0.3 is 0 Å².